The maximum Gasteiger partial charge on any atom is 0.394 e. The molecule has 0 fully saturated rings. The van der Waals surface area contributed by atoms with Crippen LogP contribution in [0.15, 0.2) is 36.1 Å². The van der Waals surface area contributed by atoms with Crippen LogP contribution < -0.4 is 5.73 Å². The summed E-state index contributed by atoms with van der Waals surface area (Å²) in [7, 11) is 0. The minimum Gasteiger partial charge on any atom is -0.494 e. The fourth-order valence-corrected chi connectivity index (χ4v) is 3.91. The van der Waals surface area contributed by atoms with Gasteiger partial charge >= 0.3 is 6.18 Å². The number of ether oxygens (including phenoxy) is 1. The quantitative estimate of drug-likeness (QED) is 0.268. The van der Waals surface area contributed by atoms with Gasteiger partial charge in [0.1, 0.15) is 5.76 Å². The Hall–Kier alpha value is -1.23. The highest BCUT2D eigenvalue weighted by molar-refractivity contribution is 5.31. The summed E-state index contributed by atoms with van der Waals surface area (Å²) in [5.74, 6) is -0.0702. The van der Waals surface area contributed by atoms with Gasteiger partial charge < -0.3 is 10.5 Å². The van der Waals surface area contributed by atoms with Gasteiger partial charge in [0, 0.05) is 0 Å². The van der Waals surface area contributed by atoms with Crippen LogP contribution in [0.1, 0.15) is 72.1 Å². The van der Waals surface area contributed by atoms with E-state index in [9.17, 15) is 13.2 Å². The zero-order chi connectivity index (χ0) is 21.2. The number of hydrogen-bond donors (Lipinski definition) is 1. The molecule has 0 radical (unpaired) electrons. The van der Waals surface area contributed by atoms with E-state index in [1.807, 2.05) is 0 Å². The molecule has 0 saturated carbocycles. The maximum atomic E-state index is 13.7. The van der Waals surface area contributed by atoms with E-state index in [0.717, 1.165) is 62.8 Å². The number of rotatable bonds is 13. The molecule has 2 N–H and O–H groups in total. The van der Waals surface area contributed by atoms with E-state index in [4.69, 9.17) is 10.5 Å². The van der Waals surface area contributed by atoms with Gasteiger partial charge in [-0.15, -0.1) is 6.58 Å². The minimum absolute atomic E-state index is 0.223. The van der Waals surface area contributed by atoms with Gasteiger partial charge in [-0.05, 0) is 55.7 Å². The molecule has 1 aliphatic rings. The lowest BCUT2D eigenvalue weighted by Crippen LogP contribution is -2.43. The average Bonchev–Trinajstić information content (AvgIpc) is 2.62. The van der Waals surface area contributed by atoms with Crippen molar-refractivity contribution in [3.8, 4) is 0 Å². The van der Waals surface area contributed by atoms with Crippen molar-refractivity contribution in [2.24, 2.45) is 23.0 Å². The number of unbranched alkanes of at least 4 members (excludes halogenated alkanes) is 4. The number of allylic oxidation sites excluding steroid dienone is 4. The van der Waals surface area contributed by atoms with Crippen LogP contribution in [0.2, 0.25) is 0 Å². The Morgan fingerprint density at radius 3 is 2.36 bits per heavy atom. The van der Waals surface area contributed by atoms with Crippen LogP contribution in [0.25, 0.3) is 0 Å². The van der Waals surface area contributed by atoms with Crippen LogP contribution in [-0.4, -0.2) is 19.3 Å². The molecule has 2 atom stereocenters. The van der Waals surface area contributed by atoms with Crippen molar-refractivity contribution < 1.29 is 17.9 Å². The summed E-state index contributed by atoms with van der Waals surface area (Å²) in [6.45, 7) is 9.77. The molecular weight excluding hydrogens is 363 g/mol. The number of alkyl halides is 3. The van der Waals surface area contributed by atoms with E-state index in [0.29, 0.717) is 13.0 Å². The van der Waals surface area contributed by atoms with Crippen molar-refractivity contribution in [3.63, 3.8) is 0 Å². The van der Waals surface area contributed by atoms with Crippen molar-refractivity contribution in [1.29, 1.82) is 0 Å². The lowest BCUT2D eigenvalue weighted by molar-refractivity contribution is -0.228. The largest absolute Gasteiger partial charge is 0.494 e. The predicted molar refractivity (Wildman–Crippen MR) is 111 cm³/mol. The first-order valence-electron chi connectivity index (χ1n) is 10.6. The Labute approximate surface area is 169 Å². The highest BCUT2D eigenvalue weighted by Gasteiger charge is 2.54. The molecule has 0 aromatic heterocycles. The Balaban J connectivity index is 2.90. The minimum atomic E-state index is -4.26. The van der Waals surface area contributed by atoms with Crippen molar-refractivity contribution >= 4 is 0 Å². The van der Waals surface area contributed by atoms with Gasteiger partial charge in [0.15, 0.2) is 0 Å². The SMILES string of the molecule is C=CCC1C(CCC)=C(OCCCCCCCN)C=CC1C(C)(C)C(F)(F)F. The third-order valence-electron chi connectivity index (χ3n) is 5.76. The zero-order valence-electron chi connectivity index (χ0n) is 17.8. The normalized spacial score (nSPS) is 20.5. The molecular formula is C23H38F3NO. The van der Waals surface area contributed by atoms with Gasteiger partial charge in [0.2, 0.25) is 0 Å². The summed E-state index contributed by atoms with van der Waals surface area (Å²) in [5.41, 5.74) is 4.71. The molecule has 0 spiro atoms. The van der Waals surface area contributed by atoms with E-state index in [2.05, 4.69) is 13.5 Å². The standard InChI is InChI=1S/C23H38F3NO/c1-5-12-18-19(13-6-2)21(28-17-11-9-7-8-10-16-27)15-14-20(18)22(3,4)23(24,25)26/h5,14-15,18,20H,1,6-13,16-17,27H2,2-4H3. The smallest absolute Gasteiger partial charge is 0.394 e. The van der Waals surface area contributed by atoms with E-state index >= 15 is 0 Å². The molecule has 0 amide bonds. The van der Waals surface area contributed by atoms with Crippen LogP contribution in [0, 0.1) is 17.3 Å². The van der Waals surface area contributed by atoms with Crippen molar-refractivity contribution in [3.05, 3.63) is 36.1 Å². The molecule has 5 heteroatoms. The fourth-order valence-electron chi connectivity index (χ4n) is 3.91. The number of nitrogens with two attached hydrogens (primary N) is 1. The first-order chi connectivity index (χ1) is 13.2. The second kappa shape index (κ2) is 11.7. The Kier molecular flexibility index (Phi) is 10.4. The summed E-state index contributed by atoms with van der Waals surface area (Å²) < 4.78 is 47.1. The maximum absolute atomic E-state index is 13.7. The summed E-state index contributed by atoms with van der Waals surface area (Å²) in [6, 6.07) is 0. The molecule has 0 saturated heterocycles. The van der Waals surface area contributed by atoms with E-state index in [1.54, 1.807) is 18.2 Å². The molecule has 2 unspecified atom stereocenters. The Morgan fingerprint density at radius 1 is 1.14 bits per heavy atom. The molecule has 0 aliphatic heterocycles. The van der Waals surface area contributed by atoms with Gasteiger partial charge in [-0.2, -0.15) is 13.2 Å². The first-order valence-corrected chi connectivity index (χ1v) is 10.6. The van der Waals surface area contributed by atoms with E-state index < -0.39 is 17.5 Å². The highest BCUT2D eigenvalue weighted by atomic mass is 19.4. The molecule has 1 rings (SSSR count). The molecule has 2 nitrogen and oxygen atoms in total. The molecule has 0 aromatic rings. The highest BCUT2D eigenvalue weighted by Crippen LogP contribution is 2.51. The second-order valence-electron chi connectivity index (χ2n) is 8.28. The van der Waals surface area contributed by atoms with E-state index in [-0.39, 0.29) is 5.92 Å². The van der Waals surface area contributed by atoms with Gasteiger partial charge in [-0.25, -0.2) is 0 Å². The van der Waals surface area contributed by atoms with Crippen LogP contribution in [0.4, 0.5) is 13.2 Å². The number of halogens is 3. The second-order valence-corrected chi connectivity index (χ2v) is 8.28. The summed E-state index contributed by atoms with van der Waals surface area (Å²) in [4.78, 5) is 0. The monoisotopic (exact) mass is 401 g/mol. The summed E-state index contributed by atoms with van der Waals surface area (Å²) in [5, 5.41) is 0. The predicted octanol–water partition coefficient (Wildman–Crippen LogP) is 6.93. The lowest BCUT2D eigenvalue weighted by Gasteiger charge is -2.42. The van der Waals surface area contributed by atoms with Gasteiger partial charge in [-0.1, -0.05) is 58.6 Å². The molecule has 0 aromatic carbocycles. The average molecular weight is 402 g/mol. The zero-order valence-corrected chi connectivity index (χ0v) is 17.8. The third kappa shape index (κ3) is 6.68. The molecule has 1 aliphatic carbocycles. The van der Waals surface area contributed by atoms with Gasteiger partial charge in [0.25, 0.3) is 0 Å². The topological polar surface area (TPSA) is 35.2 Å². The van der Waals surface area contributed by atoms with Gasteiger partial charge in [0.05, 0.1) is 12.0 Å². The van der Waals surface area contributed by atoms with Crippen molar-refractivity contribution in [2.45, 2.75) is 78.3 Å². The van der Waals surface area contributed by atoms with Crippen LogP contribution >= 0.6 is 0 Å². The molecule has 0 heterocycles. The van der Waals surface area contributed by atoms with Crippen LogP contribution in [0.3, 0.4) is 0 Å². The van der Waals surface area contributed by atoms with Crippen LogP contribution in [-0.2, 0) is 4.74 Å². The van der Waals surface area contributed by atoms with Crippen LogP contribution in [0.5, 0.6) is 0 Å². The summed E-state index contributed by atoms with van der Waals surface area (Å²) in [6.07, 6.45) is 8.45. The molecule has 0 bridgehead atoms. The Morgan fingerprint density at radius 2 is 1.79 bits per heavy atom. The Bertz CT molecular complexity index is 534. The number of hydrogen-bond acceptors (Lipinski definition) is 2. The molecule has 28 heavy (non-hydrogen) atoms. The fraction of sp³-hybridized carbons (Fsp3) is 0.739. The summed E-state index contributed by atoms with van der Waals surface area (Å²) >= 11 is 0. The van der Waals surface area contributed by atoms with Crippen molar-refractivity contribution in [1.82, 2.24) is 0 Å². The van der Waals surface area contributed by atoms with Crippen molar-refractivity contribution in [2.75, 3.05) is 13.2 Å². The third-order valence-corrected chi connectivity index (χ3v) is 5.76. The van der Waals surface area contributed by atoms with E-state index in [1.165, 1.54) is 13.8 Å². The first kappa shape index (κ1) is 24.8. The molecule has 162 valence electrons. The van der Waals surface area contributed by atoms with Gasteiger partial charge in [-0.3, -0.25) is 0 Å². The lowest BCUT2D eigenvalue weighted by atomic mass is 9.65.